The molecule has 0 atom stereocenters. The predicted molar refractivity (Wildman–Crippen MR) is 100 cm³/mol. The number of ether oxygens (including phenoxy) is 1. The van der Waals surface area contributed by atoms with Crippen molar-refractivity contribution < 1.29 is 9.53 Å². The number of nitrogens with one attached hydrogen (secondary N) is 1. The number of esters is 1. The summed E-state index contributed by atoms with van der Waals surface area (Å²) < 4.78 is 9.17. The lowest BCUT2D eigenvalue weighted by Gasteiger charge is -2.08. The molecule has 26 heavy (non-hydrogen) atoms. The fourth-order valence-corrected chi connectivity index (χ4v) is 3.14. The maximum atomic E-state index is 12.3. The van der Waals surface area contributed by atoms with E-state index in [-0.39, 0.29) is 6.61 Å². The van der Waals surface area contributed by atoms with Crippen molar-refractivity contribution in [3.8, 4) is 11.3 Å². The van der Waals surface area contributed by atoms with Crippen LogP contribution in [0, 0.1) is 6.92 Å². The number of hydrogen-bond acceptors (Lipinski definition) is 10. The third-order valence-electron chi connectivity index (χ3n) is 3.27. The zero-order valence-electron chi connectivity index (χ0n) is 14.2. The molecule has 0 bridgehead atoms. The molecule has 134 valence electrons. The van der Waals surface area contributed by atoms with Crippen molar-refractivity contribution in [1.82, 2.24) is 24.5 Å². The van der Waals surface area contributed by atoms with Crippen LogP contribution in [0.4, 0.5) is 5.82 Å². The molecule has 3 aromatic rings. The van der Waals surface area contributed by atoms with Crippen molar-refractivity contribution in [2.24, 2.45) is 0 Å². The first-order chi connectivity index (χ1) is 12.7. The Morgan fingerprint density at radius 1 is 1.38 bits per heavy atom. The lowest BCUT2D eigenvalue weighted by Crippen LogP contribution is -2.14. The van der Waals surface area contributed by atoms with Gasteiger partial charge in [-0.2, -0.15) is 0 Å². The molecule has 0 aliphatic carbocycles. The Morgan fingerprint density at radius 2 is 2.27 bits per heavy atom. The van der Waals surface area contributed by atoms with Crippen LogP contribution >= 0.6 is 23.3 Å². The van der Waals surface area contributed by atoms with E-state index in [1.807, 2.05) is 25.3 Å². The zero-order chi connectivity index (χ0) is 18.4. The Bertz CT molecular complexity index is 887. The highest BCUT2D eigenvalue weighted by Gasteiger charge is 2.19. The number of rotatable bonds is 7. The maximum Gasteiger partial charge on any atom is 0.352 e. The second-order valence-corrected chi connectivity index (χ2v) is 6.66. The highest BCUT2D eigenvalue weighted by molar-refractivity contribution is 7.98. The van der Waals surface area contributed by atoms with Gasteiger partial charge in [0.2, 0.25) is 0 Å². The smallest absolute Gasteiger partial charge is 0.352 e. The second kappa shape index (κ2) is 8.68. The van der Waals surface area contributed by atoms with Gasteiger partial charge in [-0.25, -0.2) is 14.8 Å². The van der Waals surface area contributed by atoms with E-state index in [4.69, 9.17) is 4.74 Å². The predicted octanol–water partition coefficient (Wildman–Crippen LogP) is 2.69. The van der Waals surface area contributed by atoms with Crippen molar-refractivity contribution in [3.63, 3.8) is 0 Å². The first kappa shape index (κ1) is 18.2. The fourth-order valence-electron chi connectivity index (χ4n) is 2.13. The number of carbonyl (C=O) groups excluding carboxylic acids is 1. The Kier molecular flexibility index (Phi) is 6.08. The molecule has 0 spiro atoms. The van der Waals surface area contributed by atoms with E-state index >= 15 is 0 Å². The lowest BCUT2D eigenvalue weighted by atomic mass is 10.2. The number of hydrogen-bond donors (Lipinski definition) is 1. The quantitative estimate of drug-likeness (QED) is 0.283. The van der Waals surface area contributed by atoms with Crippen molar-refractivity contribution in [3.05, 3.63) is 41.2 Å². The molecular weight excluding hydrogens is 372 g/mol. The van der Waals surface area contributed by atoms with Gasteiger partial charge in [-0.1, -0.05) is 16.3 Å². The summed E-state index contributed by atoms with van der Waals surface area (Å²) in [5, 5.41) is 7.83. The van der Waals surface area contributed by atoms with E-state index in [9.17, 15) is 4.79 Å². The summed E-state index contributed by atoms with van der Waals surface area (Å²) in [6.07, 6.45) is 5.21. The number of nitrogens with zero attached hydrogens (tertiary/aromatic N) is 5. The van der Waals surface area contributed by atoms with Crippen LogP contribution in [-0.4, -0.2) is 49.9 Å². The maximum absolute atomic E-state index is 12.3. The summed E-state index contributed by atoms with van der Waals surface area (Å²) in [6, 6.07) is 5.44. The minimum Gasteiger partial charge on any atom is -0.460 e. The number of anilines is 1. The number of carbonyl (C=O) groups is 1. The number of aryl methyl sites for hydroxylation is 1. The minimum atomic E-state index is -0.454. The van der Waals surface area contributed by atoms with Gasteiger partial charge in [0.1, 0.15) is 18.1 Å². The van der Waals surface area contributed by atoms with Crippen LogP contribution in [0.25, 0.3) is 11.3 Å². The summed E-state index contributed by atoms with van der Waals surface area (Å²) in [7, 11) is 0. The molecule has 1 N–H and O–H groups in total. The third-order valence-corrected chi connectivity index (χ3v) is 4.52. The molecule has 0 saturated heterocycles. The molecule has 10 heteroatoms. The van der Waals surface area contributed by atoms with Crippen molar-refractivity contribution >= 4 is 35.1 Å². The molecule has 0 unspecified atom stereocenters. The van der Waals surface area contributed by atoms with Crippen LogP contribution in [0.5, 0.6) is 0 Å². The molecule has 0 aliphatic heterocycles. The van der Waals surface area contributed by atoms with Gasteiger partial charge in [-0.3, -0.25) is 4.98 Å². The van der Waals surface area contributed by atoms with Gasteiger partial charge in [0, 0.05) is 29.7 Å². The molecule has 0 amide bonds. The average Bonchev–Trinajstić information content (AvgIpc) is 3.15. The Balaban J connectivity index is 1.56. The molecule has 3 rings (SSSR count). The van der Waals surface area contributed by atoms with Crippen LogP contribution in [0.2, 0.25) is 0 Å². The van der Waals surface area contributed by atoms with Gasteiger partial charge < -0.3 is 10.1 Å². The average molecular weight is 388 g/mol. The molecule has 0 radical (unpaired) electrons. The summed E-state index contributed by atoms with van der Waals surface area (Å²) in [5.74, 6) is 0.248. The Hall–Kier alpha value is -2.59. The van der Waals surface area contributed by atoms with Gasteiger partial charge in [0.25, 0.3) is 0 Å². The molecular formula is C16H16N6O2S2. The molecule has 8 nitrogen and oxygen atoms in total. The Labute approximate surface area is 158 Å². The molecule has 0 aliphatic rings. The topological polar surface area (TPSA) is 103 Å². The number of aromatic nitrogens is 5. The van der Waals surface area contributed by atoms with Crippen molar-refractivity contribution in [2.45, 2.75) is 12.1 Å². The minimum absolute atomic E-state index is 0.195. The van der Waals surface area contributed by atoms with Gasteiger partial charge in [-0.05, 0) is 36.8 Å². The fraction of sp³-hybridized carbons (Fsp3) is 0.250. The molecule has 0 saturated carbocycles. The van der Waals surface area contributed by atoms with Crippen LogP contribution in [0.1, 0.15) is 15.4 Å². The first-order valence-electron chi connectivity index (χ1n) is 7.71. The molecule has 3 aromatic heterocycles. The van der Waals surface area contributed by atoms with Gasteiger partial charge >= 0.3 is 5.97 Å². The number of thioether (sulfide) groups is 1. The van der Waals surface area contributed by atoms with E-state index in [0.717, 1.165) is 22.8 Å². The SMILES string of the molecule is CSc1nc(C)cc(NCCOC(=O)c2snnc2-c2cccnc2)n1. The lowest BCUT2D eigenvalue weighted by molar-refractivity contribution is 0.0527. The standard InChI is InChI=1S/C16H16N6O2S2/c1-10-8-12(20-16(19-10)25-2)18-6-7-24-15(23)14-13(21-22-26-14)11-4-3-5-17-9-11/h3-5,8-9H,6-7H2,1-2H3,(H,18,19,20). The van der Waals surface area contributed by atoms with Crippen LogP contribution in [0.3, 0.4) is 0 Å². The van der Waals surface area contributed by atoms with Crippen LogP contribution < -0.4 is 5.32 Å². The van der Waals surface area contributed by atoms with Gasteiger partial charge in [0.05, 0.1) is 6.54 Å². The van der Waals surface area contributed by atoms with E-state index in [1.165, 1.54) is 11.8 Å². The molecule has 0 fully saturated rings. The van der Waals surface area contributed by atoms with Gasteiger partial charge in [0.15, 0.2) is 10.0 Å². The van der Waals surface area contributed by atoms with E-state index in [1.54, 1.807) is 18.5 Å². The van der Waals surface area contributed by atoms with Crippen LogP contribution in [-0.2, 0) is 4.74 Å². The first-order valence-corrected chi connectivity index (χ1v) is 9.70. The Morgan fingerprint density at radius 3 is 3.04 bits per heavy atom. The summed E-state index contributed by atoms with van der Waals surface area (Å²) in [4.78, 5) is 25.3. The van der Waals surface area contributed by atoms with E-state index in [2.05, 4.69) is 29.9 Å². The summed E-state index contributed by atoms with van der Waals surface area (Å²) >= 11 is 2.48. The monoisotopic (exact) mass is 388 g/mol. The van der Waals surface area contributed by atoms with Crippen LogP contribution in [0.15, 0.2) is 35.7 Å². The van der Waals surface area contributed by atoms with E-state index < -0.39 is 5.97 Å². The summed E-state index contributed by atoms with van der Waals surface area (Å²) in [6.45, 7) is 2.54. The van der Waals surface area contributed by atoms with Gasteiger partial charge in [-0.15, -0.1) is 5.10 Å². The van der Waals surface area contributed by atoms with Crippen molar-refractivity contribution in [2.75, 3.05) is 24.7 Å². The zero-order valence-corrected chi connectivity index (χ0v) is 15.8. The normalized spacial score (nSPS) is 10.5. The molecule has 3 heterocycles. The summed E-state index contributed by atoms with van der Waals surface area (Å²) in [5.41, 5.74) is 2.09. The number of pyridine rings is 1. The second-order valence-electron chi connectivity index (χ2n) is 5.14. The van der Waals surface area contributed by atoms with E-state index in [0.29, 0.717) is 28.1 Å². The van der Waals surface area contributed by atoms with Crippen molar-refractivity contribution in [1.29, 1.82) is 0 Å². The highest BCUT2D eigenvalue weighted by Crippen LogP contribution is 2.23. The highest BCUT2D eigenvalue weighted by atomic mass is 32.2. The molecule has 0 aromatic carbocycles. The largest absolute Gasteiger partial charge is 0.460 e. The third kappa shape index (κ3) is 4.52.